The van der Waals surface area contributed by atoms with Gasteiger partial charge in [-0.15, -0.1) is 0 Å². The highest BCUT2D eigenvalue weighted by Gasteiger charge is 2.26. The van der Waals surface area contributed by atoms with E-state index in [4.69, 9.17) is 28.4 Å². The molecule has 0 bridgehead atoms. The number of rotatable bonds is 26. The average Bonchev–Trinajstić information content (AvgIpc) is 3.34. The molecular formula is C53H67N3O12. The number of hydrogen-bond donors (Lipinski definition) is 3. The lowest BCUT2D eigenvalue weighted by Crippen LogP contribution is -2.55. The first-order chi connectivity index (χ1) is 32.8. The average molecular weight is 938 g/mol. The topological polar surface area (TPSA) is 177 Å². The number of hydrogen-bond acceptors (Lipinski definition) is 15. The van der Waals surface area contributed by atoms with E-state index in [1.54, 1.807) is 19.9 Å². The molecule has 5 rings (SSSR count). The molecule has 0 spiro atoms. The third-order valence-corrected chi connectivity index (χ3v) is 11.2. The first kappa shape index (κ1) is 52.4. The Morgan fingerprint density at radius 1 is 0.618 bits per heavy atom. The zero-order valence-corrected chi connectivity index (χ0v) is 39.9. The molecule has 15 heteroatoms. The van der Waals surface area contributed by atoms with Crippen molar-refractivity contribution < 1.29 is 58.1 Å². The van der Waals surface area contributed by atoms with Crippen molar-refractivity contribution in [3.8, 4) is 5.75 Å². The Morgan fingerprint density at radius 2 is 1.01 bits per heavy atom. The van der Waals surface area contributed by atoms with Crippen LogP contribution in [0.4, 0.5) is 17.1 Å². The van der Waals surface area contributed by atoms with Crippen LogP contribution in [0.2, 0.25) is 0 Å². The van der Waals surface area contributed by atoms with Crippen molar-refractivity contribution in [2.45, 2.75) is 85.0 Å². The second-order valence-electron chi connectivity index (χ2n) is 16.8. The first-order valence-corrected chi connectivity index (χ1v) is 23.0. The van der Waals surface area contributed by atoms with Crippen LogP contribution in [0, 0.1) is 6.92 Å². The summed E-state index contributed by atoms with van der Waals surface area (Å²) in [5.74, 6) is 0.328. The maximum absolute atomic E-state index is 13.0. The molecule has 1 aliphatic rings. The Hall–Kier alpha value is -6.55. The highest BCUT2D eigenvalue weighted by molar-refractivity contribution is 5.74. The quantitative estimate of drug-likeness (QED) is 0.0350. The van der Waals surface area contributed by atoms with Gasteiger partial charge in [0.15, 0.2) is 18.3 Å². The predicted molar refractivity (Wildman–Crippen MR) is 260 cm³/mol. The minimum atomic E-state index is -0.824. The zero-order chi connectivity index (χ0) is 49.0. The van der Waals surface area contributed by atoms with E-state index in [2.05, 4.69) is 28.2 Å². The first-order valence-electron chi connectivity index (χ1n) is 23.0. The Bertz CT molecular complexity index is 2270. The maximum atomic E-state index is 13.0. The molecule has 4 aromatic rings. The highest BCUT2D eigenvalue weighted by Crippen LogP contribution is 2.28. The number of aliphatic hydroxyl groups is 3. The minimum absolute atomic E-state index is 0.00682. The van der Waals surface area contributed by atoms with Crippen molar-refractivity contribution in [3.05, 3.63) is 143 Å². The molecule has 0 aliphatic carbocycles. The van der Waals surface area contributed by atoms with Gasteiger partial charge in [-0.1, -0.05) is 68.5 Å². The van der Waals surface area contributed by atoms with Crippen LogP contribution in [0.15, 0.2) is 115 Å². The number of ether oxygens (including phenoxy) is 6. The molecule has 1 heterocycles. The highest BCUT2D eigenvalue weighted by atomic mass is 16.6. The fourth-order valence-corrected chi connectivity index (χ4v) is 7.31. The van der Waals surface area contributed by atoms with Crippen LogP contribution in [-0.4, -0.2) is 111 Å². The Morgan fingerprint density at radius 3 is 1.37 bits per heavy atom. The van der Waals surface area contributed by atoms with E-state index >= 15 is 0 Å². The lowest BCUT2D eigenvalue weighted by atomic mass is 10.0. The zero-order valence-electron chi connectivity index (χ0n) is 39.9. The summed E-state index contributed by atoms with van der Waals surface area (Å²) < 4.78 is 33.2. The monoisotopic (exact) mass is 937 g/mol. The largest absolute Gasteiger partial charge is 0.495 e. The minimum Gasteiger partial charge on any atom is -0.495 e. The van der Waals surface area contributed by atoms with Gasteiger partial charge in [-0.3, -0.25) is 14.4 Å². The number of allylic oxidation sites excluding steroid dienone is 3. The van der Waals surface area contributed by atoms with Crippen molar-refractivity contribution in [1.82, 2.24) is 0 Å². The van der Waals surface area contributed by atoms with Gasteiger partial charge in [-0.05, 0) is 110 Å². The smallest absolute Gasteiger partial charge is 0.310 e. The van der Waals surface area contributed by atoms with E-state index in [-0.39, 0.29) is 58.9 Å². The van der Waals surface area contributed by atoms with Crippen LogP contribution < -0.4 is 19.4 Å². The van der Waals surface area contributed by atoms with Crippen molar-refractivity contribution in [1.29, 1.82) is 0 Å². The summed E-state index contributed by atoms with van der Waals surface area (Å²) in [6.07, 6.45) is 1.43. The Labute approximate surface area is 400 Å². The molecule has 3 atom stereocenters. The van der Waals surface area contributed by atoms with E-state index in [1.807, 2.05) is 105 Å². The van der Waals surface area contributed by atoms with Crippen LogP contribution in [-0.2, 0) is 63.8 Å². The standard InChI is InChI=1S/C53H67N3O12/c1-7-9-43-16-23-47(24-38(43)5)65-33-50(30-59)68-53(62)27-42-14-21-46(22-15-42)56-35-54(44-17-10-40(11-18-44)25-51(60)66-48(28-57)31-63-37(3)4)34-55(36-56)45-19-12-41(13-20-45)26-52(61)67-49(29-58)32-64-39(6)8-2/h8,10-24,48-50,57-59H,3,7,9,25-36H2,1-2,4-6H3/b39-8+. The van der Waals surface area contributed by atoms with E-state index in [9.17, 15) is 29.7 Å². The van der Waals surface area contributed by atoms with Gasteiger partial charge in [-0.25, -0.2) is 0 Å². The Balaban J connectivity index is 1.26. The summed E-state index contributed by atoms with van der Waals surface area (Å²) in [5.41, 5.74) is 7.31. The number of esters is 3. The summed E-state index contributed by atoms with van der Waals surface area (Å²) in [6.45, 7) is 13.6. The molecule has 1 saturated heterocycles. The molecule has 1 fully saturated rings. The van der Waals surface area contributed by atoms with Crippen LogP contribution in [0.5, 0.6) is 5.75 Å². The fraction of sp³-hybridized carbons (Fsp3) is 0.415. The molecule has 15 nitrogen and oxygen atoms in total. The van der Waals surface area contributed by atoms with Crippen molar-refractivity contribution in [2.75, 3.05) is 74.3 Å². The number of aliphatic hydroxyl groups excluding tert-OH is 3. The van der Waals surface area contributed by atoms with Crippen LogP contribution in [0.3, 0.4) is 0 Å². The van der Waals surface area contributed by atoms with Gasteiger partial charge < -0.3 is 58.4 Å². The summed E-state index contributed by atoms with van der Waals surface area (Å²) in [4.78, 5) is 45.2. The van der Waals surface area contributed by atoms with Gasteiger partial charge >= 0.3 is 17.9 Å². The number of carbonyl (C=O) groups excluding carboxylic acids is 3. The maximum Gasteiger partial charge on any atom is 0.310 e. The molecule has 3 unspecified atom stereocenters. The van der Waals surface area contributed by atoms with Crippen LogP contribution >= 0.6 is 0 Å². The SMILES string of the molecule is C=C(C)OCC(CO)OC(=O)Cc1ccc(N2CN(c3ccc(CC(=O)OC(CO)CO/C(C)=C/C)cc3)CN(c3ccc(CC(=O)OC(CO)COc4ccc(CCC)c(C)c4)cc3)C2)cc1. The lowest BCUT2D eigenvalue weighted by Gasteiger charge is -2.45. The van der Waals surface area contributed by atoms with E-state index in [0.717, 1.165) is 52.2 Å². The number of benzene rings is 4. The van der Waals surface area contributed by atoms with E-state index in [1.165, 1.54) is 5.56 Å². The van der Waals surface area contributed by atoms with Gasteiger partial charge in [0.25, 0.3) is 0 Å². The second-order valence-corrected chi connectivity index (χ2v) is 16.8. The molecule has 0 radical (unpaired) electrons. The molecule has 1 aliphatic heterocycles. The number of nitrogens with zero attached hydrogens (tertiary/aromatic N) is 3. The lowest BCUT2D eigenvalue weighted by molar-refractivity contribution is -0.153. The predicted octanol–water partition coefficient (Wildman–Crippen LogP) is 6.56. The molecule has 68 heavy (non-hydrogen) atoms. The van der Waals surface area contributed by atoms with Crippen LogP contribution in [0.25, 0.3) is 0 Å². The summed E-state index contributed by atoms with van der Waals surface area (Å²) in [6, 6.07) is 28.8. The van der Waals surface area contributed by atoms with Crippen LogP contribution in [0.1, 0.15) is 61.9 Å². The number of aryl methyl sites for hydroxylation is 2. The summed E-state index contributed by atoms with van der Waals surface area (Å²) >= 11 is 0. The second kappa shape index (κ2) is 26.7. The number of anilines is 3. The summed E-state index contributed by atoms with van der Waals surface area (Å²) in [5, 5.41) is 29.4. The van der Waals surface area contributed by atoms with E-state index in [0.29, 0.717) is 37.3 Å². The fourth-order valence-electron chi connectivity index (χ4n) is 7.31. The third-order valence-electron chi connectivity index (χ3n) is 11.2. The number of carbonyl (C=O) groups is 3. The van der Waals surface area contributed by atoms with Crippen molar-refractivity contribution >= 4 is 35.0 Å². The van der Waals surface area contributed by atoms with Gasteiger partial charge in [0.2, 0.25) is 0 Å². The molecule has 0 amide bonds. The molecular weight excluding hydrogens is 871 g/mol. The normalized spacial score (nSPS) is 14.1. The molecule has 366 valence electrons. The van der Waals surface area contributed by atoms with E-state index < -0.39 is 36.2 Å². The van der Waals surface area contributed by atoms with Gasteiger partial charge in [0, 0.05) is 17.1 Å². The third kappa shape index (κ3) is 16.6. The molecule has 3 N–H and O–H groups in total. The molecule has 0 saturated carbocycles. The van der Waals surface area contributed by atoms with Crippen molar-refractivity contribution in [2.24, 2.45) is 0 Å². The summed E-state index contributed by atoms with van der Waals surface area (Å²) in [7, 11) is 0. The molecule has 0 aromatic heterocycles. The van der Waals surface area contributed by atoms with Gasteiger partial charge in [-0.2, -0.15) is 0 Å². The van der Waals surface area contributed by atoms with Crippen molar-refractivity contribution in [3.63, 3.8) is 0 Å². The van der Waals surface area contributed by atoms with Gasteiger partial charge in [0.1, 0.15) is 25.6 Å². The van der Waals surface area contributed by atoms with Gasteiger partial charge in [0.05, 0.1) is 70.6 Å². The molecule has 4 aromatic carbocycles. The Kier molecular flexibility index (Phi) is 20.6.